The van der Waals surface area contributed by atoms with Crippen LogP contribution in [0, 0.1) is 6.92 Å². The van der Waals surface area contributed by atoms with E-state index in [4.69, 9.17) is 4.74 Å². The van der Waals surface area contributed by atoms with Crippen molar-refractivity contribution in [2.75, 3.05) is 14.2 Å². The summed E-state index contributed by atoms with van der Waals surface area (Å²) in [6.07, 6.45) is 0. The maximum atomic E-state index is 9.59. The molecule has 0 fully saturated rings. The zero-order chi connectivity index (χ0) is 11.0. The summed E-state index contributed by atoms with van der Waals surface area (Å²) in [6, 6.07) is 7.96. The monoisotopic (exact) mass is 196 g/mol. The number of esters is 1. The minimum atomic E-state index is -0.245. The van der Waals surface area contributed by atoms with Gasteiger partial charge in [-0.15, -0.1) is 0 Å². The molecule has 0 radical (unpaired) electrons. The molecule has 0 heterocycles. The second kappa shape index (κ2) is 6.95. The second-order valence-corrected chi connectivity index (χ2v) is 2.72. The van der Waals surface area contributed by atoms with Crippen LogP contribution >= 0.6 is 0 Å². The molecule has 0 aliphatic rings. The average Bonchev–Trinajstić information content (AvgIpc) is 2.18. The number of hydrogen-bond donors (Lipinski definition) is 0. The molecule has 0 saturated heterocycles. The zero-order valence-corrected chi connectivity index (χ0v) is 9.03. The molecular formula is C11H16O3. The van der Waals surface area contributed by atoms with Gasteiger partial charge in [-0.25, -0.2) is 0 Å². The Labute approximate surface area is 84.7 Å². The molecule has 0 N–H and O–H groups in total. The van der Waals surface area contributed by atoms with Crippen LogP contribution in [0.5, 0.6) is 5.75 Å². The van der Waals surface area contributed by atoms with Gasteiger partial charge in [0.2, 0.25) is 0 Å². The first kappa shape index (κ1) is 12.5. The lowest BCUT2D eigenvalue weighted by molar-refractivity contribution is -0.137. The van der Waals surface area contributed by atoms with E-state index in [2.05, 4.69) is 4.74 Å². The minimum Gasteiger partial charge on any atom is -0.497 e. The molecule has 0 atom stereocenters. The number of rotatable bonds is 1. The summed E-state index contributed by atoms with van der Waals surface area (Å²) < 4.78 is 9.11. The van der Waals surface area contributed by atoms with Gasteiger partial charge in [0.25, 0.3) is 0 Å². The van der Waals surface area contributed by atoms with Crippen molar-refractivity contribution >= 4 is 5.97 Å². The van der Waals surface area contributed by atoms with E-state index in [1.54, 1.807) is 7.11 Å². The van der Waals surface area contributed by atoms with Gasteiger partial charge < -0.3 is 9.47 Å². The predicted octanol–water partition coefficient (Wildman–Crippen LogP) is 2.18. The van der Waals surface area contributed by atoms with Gasteiger partial charge in [0.1, 0.15) is 5.75 Å². The Balaban J connectivity index is 0.000000292. The number of benzene rings is 1. The third kappa shape index (κ3) is 6.06. The van der Waals surface area contributed by atoms with E-state index >= 15 is 0 Å². The van der Waals surface area contributed by atoms with E-state index in [0.29, 0.717) is 0 Å². The first-order valence-electron chi connectivity index (χ1n) is 4.25. The highest BCUT2D eigenvalue weighted by Gasteiger charge is 1.86. The van der Waals surface area contributed by atoms with Gasteiger partial charge in [-0.1, -0.05) is 12.1 Å². The van der Waals surface area contributed by atoms with Crippen LogP contribution in [0.25, 0.3) is 0 Å². The molecule has 3 heteroatoms. The standard InChI is InChI=1S/C8H10O.C3H6O2/c1-7-4-3-5-8(6-7)9-2;1-3(4)5-2/h3-6H,1-2H3;1-2H3. The molecule has 0 aliphatic carbocycles. The summed E-state index contributed by atoms with van der Waals surface area (Å²) in [4.78, 5) is 9.59. The van der Waals surface area contributed by atoms with E-state index in [9.17, 15) is 4.79 Å². The summed E-state index contributed by atoms with van der Waals surface area (Å²) in [7, 11) is 3.02. The van der Waals surface area contributed by atoms with Gasteiger partial charge in [-0.2, -0.15) is 0 Å². The number of carbonyl (C=O) groups excluding carboxylic acids is 1. The lowest BCUT2D eigenvalue weighted by atomic mass is 10.2. The maximum absolute atomic E-state index is 9.59. The van der Waals surface area contributed by atoms with Crippen LogP contribution in [-0.4, -0.2) is 20.2 Å². The highest BCUT2D eigenvalue weighted by Crippen LogP contribution is 2.10. The number of aryl methyl sites for hydroxylation is 1. The van der Waals surface area contributed by atoms with Crippen LogP contribution in [0.2, 0.25) is 0 Å². The highest BCUT2D eigenvalue weighted by molar-refractivity contribution is 5.65. The Hall–Kier alpha value is -1.51. The molecule has 0 saturated carbocycles. The lowest BCUT2D eigenvalue weighted by Gasteiger charge is -1.97. The zero-order valence-electron chi connectivity index (χ0n) is 9.03. The fourth-order valence-electron chi connectivity index (χ4n) is 0.742. The molecule has 14 heavy (non-hydrogen) atoms. The predicted molar refractivity (Wildman–Crippen MR) is 55.4 cm³/mol. The Morgan fingerprint density at radius 1 is 1.29 bits per heavy atom. The van der Waals surface area contributed by atoms with Gasteiger partial charge >= 0.3 is 5.97 Å². The van der Waals surface area contributed by atoms with Crippen LogP contribution in [0.15, 0.2) is 24.3 Å². The molecule has 78 valence electrons. The van der Waals surface area contributed by atoms with Gasteiger partial charge in [-0.3, -0.25) is 4.79 Å². The molecule has 1 aromatic rings. The van der Waals surface area contributed by atoms with Gasteiger partial charge in [0.15, 0.2) is 0 Å². The van der Waals surface area contributed by atoms with Crippen LogP contribution < -0.4 is 4.74 Å². The number of methoxy groups -OCH3 is 2. The topological polar surface area (TPSA) is 35.5 Å². The van der Waals surface area contributed by atoms with Gasteiger partial charge in [0, 0.05) is 6.92 Å². The molecular weight excluding hydrogens is 180 g/mol. The van der Waals surface area contributed by atoms with Crippen molar-refractivity contribution in [3.63, 3.8) is 0 Å². The molecule has 0 unspecified atom stereocenters. The third-order valence-corrected chi connectivity index (χ3v) is 1.51. The van der Waals surface area contributed by atoms with Gasteiger partial charge in [0.05, 0.1) is 14.2 Å². The van der Waals surface area contributed by atoms with E-state index in [1.807, 2.05) is 31.2 Å². The molecule has 3 nitrogen and oxygen atoms in total. The largest absolute Gasteiger partial charge is 0.497 e. The normalized spacial score (nSPS) is 8.29. The lowest BCUT2D eigenvalue weighted by Crippen LogP contribution is -1.88. The van der Waals surface area contributed by atoms with Crippen LogP contribution in [0.1, 0.15) is 12.5 Å². The van der Waals surface area contributed by atoms with Gasteiger partial charge in [-0.05, 0) is 24.6 Å². The molecule has 0 bridgehead atoms. The first-order chi connectivity index (χ1) is 6.60. The third-order valence-electron chi connectivity index (χ3n) is 1.51. The Bertz CT molecular complexity index is 282. The van der Waals surface area contributed by atoms with E-state index in [-0.39, 0.29) is 5.97 Å². The van der Waals surface area contributed by atoms with E-state index in [0.717, 1.165) is 5.75 Å². The van der Waals surface area contributed by atoms with Crippen molar-refractivity contribution in [2.24, 2.45) is 0 Å². The summed E-state index contributed by atoms with van der Waals surface area (Å²) in [6.45, 7) is 3.41. The highest BCUT2D eigenvalue weighted by atomic mass is 16.5. The number of ether oxygens (including phenoxy) is 2. The number of hydrogen-bond acceptors (Lipinski definition) is 3. The van der Waals surface area contributed by atoms with E-state index in [1.165, 1.54) is 19.6 Å². The summed E-state index contributed by atoms with van der Waals surface area (Å²) in [5, 5.41) is 0. The first-order valence-corrected chi connectivity index (χ1v) is 4.25. The summed E-state index contributed by atoms with van der Waals surface area (Å²) >= 11 is 0. The van der Waals surface area contributed by atoms with Crippen molar-refractivity contribution < 1.29 is 14.3 Å². The summed E-state index contributed by atoms with van der Waals surface area (Å²) in [5.74, 6) is 0.681. The quantitative estimate of drug-likeness (QED) is 0.646. The fourth-order valence-corrected chi connectivity index (χ4v) is 0.742. The van der Waals surface area contributed by atoms with Crippen LogP contribution in [0.4, 0.5) is 0 Å². The van der Waals surface area contributed by atoms with Crippen molar-refractivity contribution in [1.82, 2.24) is 0 Å². The van der Waals surface area contributed by atoms with Crippen LogP contribution in [-0.2, 0) is 9.53 Å². The smallest absolute Gasteiger partial charge is 0.302 e. The molecule has 1 rings (SSSR count). The minimum absolute atomic E-state index is 0.245. The Morgan fingerprint density at radius 2 is 1.86 bits per heavy atom. The van der Waals surface area contributed by atoms with Crippen molar-refractivity contribution in [1.29, 1.82) is 0 Å². The van der Waals surface area contributed by atoms with Crippen LogP contribution in [0.3, 0.4) is 0 Å². The second-order valence-electron chi connectivity index (χ2n) is 2.72. The van der Waals surface area contributed by atoms with Crippen molar-refractivity contribution in [3.05, 3.63) is 29.8 Å². The SMILES string of the molecule is COC(C)=O.COc1cccc(C)c1. The van der Waals surface area contributed by atoms with Crippen molar-refractivity contribution in [3.8, 4) is 5.75 Å². The molecule has 0 spiro atoms. The summed E-state index contributed by atoms with van der Waals surface area (Å²) in [5.41, 5.74) is 1.23. The van der Waals surface area contributed by atoms with E-state index < -0.39 is 0 Å². The van der Waals surface area contributed by atoms with Crippen molar-refractivity contribution in [2.45, 2.75) is 13.8 Å². The Morgan fingerprint density at radius 3 is 2.14 bits per heavy atom. The Kier molecular flexibility index (Phi) is 6.20. The maximum Gasteiger partial charge on any atom is 0.302 e. The molecule has 0 aromatic heterocycles. The molecule has 1 aromatic carbocycles. The molecule has 0 amide bonds. The number of carbonyl (C=O) groups is 1. The molecule has 0 aliphatic heterocycles. The fraction of sp³-hybridized carbons (Fsp3) is 0.364. The average molecular weight is 196 g/mol.